The molecular formula is C18H27O2. The highest BCUT2D eigenvalue weighted by atomic mass is 16.5. The van der Waals surface area contributed by atoms with Gasteiger partial charge < -0.3 is 4.74 Å². The van der Waals surface area contributed by atoms with Crippen LogP contribution in [0.5, 0.6) is 5.75 Å². The van der Waals surface area contributed by atoms with Gasteiger partial charge in [0.1, 0.15) is 11.4 Å². The van der Waals surface area contributed by atoms with E-state index in [0.29, 0.717) is 24.2 Å². The lowest BCUT2D eigenvalue weighted by Gasteiger charge is -2.43. The third-order valence-corrected chi connectivity index (χ3v) is 4.81. The first kappa shape index (κ1) is 15.4. The molecule has 1 saturated carbocycles. The first-order chi connectivity index (χ1) is 9.44. The molecule has 1 aliphatic rings. The van der Waals surface area contributed by atoms with Gasteiger partial charge in [0.05, 0.1) is 7.11 Å². The summed E-state index contributed by atoms with van der Waals surface area (Å²) in [6, 6.07) is 7.98. The fourth-order valence-corrected chi connectivity index (χ4v) is 3.80. The zero-order valence-corrected chi connectivity index (χ0v) is 13.2. The van der Waals surface area contributed by atoms with Gasteiger partial charge in [0.15, 0.2) is 0 Å². The number of methoxy groups -OCH3 is 1. The van der Waals surface area contributed by atoms with Crippen LogP contribution in [0.4, 0.5) is 0 Å². The molecule has 0 bridgehead atoms. The van der Waals surface area contributed by atoms with Crippen molar-refractivity contribution in [3.63, 3.8) is 0 Å². The molecule has 0 aromatic heterocycles. The topological polar surface area (TPSA) is 29.1 Å². The third-order valence-electron chi connectivity index (χ3n) is 4.81. The summed E-state index contributed by atoms with van der Waals surface area (Å²) in [5, 5.41) is 13.4. The normalized spacial score (nSPS) is 30.5. The number of hydrogen-bond donors (Lipinski definition) is 0. The zero-order chi connectivity index (χ0) is 14.8. The summed E-state index contributed by atoms with van der Waals surface area (Å²) in [6.45, 7) is 6.61. The van der Waals surface area contributed by atoms with E-state index in [1.54, 1.807) is 7.11 Å². The van der Waals surface area contributed by atoms with Crippen molar-refractivity contribution >= 4 is 0 Å². The Morgan fingerprint density at radius 3 is 2.45 bits per heavy atom. The van der Waals surface area contributed by atoms with Gasteiger partial charge in [-0.25, -0.2) is 5.11 Å². The molecule has 0 N–H and O–H groups in total. The van der Waals surface area contributed by atoms with Crippen LogP contribution in [0.2, 0.25) is 0 Å². The Bertz CT molecular complexity index is 424. The van der Waals surface area contributed by atoms with Crippen molar-refractivity contribution in [2.75, 3.05) is 7.11 Å². The molecule has 1 aromatic carbocycles. The summed E-state index contributed by atoms with van der Waals surface area (Å²) in [5.41, 5.74) is 0.334. The molecule has 2 heteroatoms. The van der Waals surface area contributed by atoms with E-state index >= 15 is 0 Å². The van der Waals surface area contributed by atoms with Gasteiger partial charge in [0.2, 0.25) is 0 Å². The maximum atomic E-state index is 13.4. The molecule has 1 aromatic rings. The molecule has 1 fully saturated rings. The van der Waals surface area contributed by atoms with E-state index < -0.39 is 5.60 Å². The second kappa shape index (κ2) is 6.17. The van der Waals surface area contributed by atoms with Gasteiger partial charge >= 0.3 is 0 Å². The average Bonchev–Trinajstić information content (AvgIpc) is 2.38. The van der Waals surface area contributed by atoms with E-state index in [0.717, 1.165) is 24.2 Å². The molecule has 0 heterocycles. The van der Waals surface area contributed by atoms with Gasteiger partial charge in [-0.3, -0.25) is 0 Å². The Labute approximate surface area is 123 Å². The molecule has 111 valence electrons. The lowest BCUT2D eigenvalue weighted by molar-refractivity contribution is -0.127. The van der Waals surface area contributed by atoms with E-state index in [1.165, 1.54) is 6.42 Å². The molecule has 1 radical (unpaired) electrons. The van der Waals surface area contributed by atoms with Crippen LogP contribution in [-0.2, 0) is 11.5 Å². The van der Waals surface area contributed by atoms with Gasteiger partial charge in [-0.15, -0.1) is 0 Å². The van der Waals surface area contributed by atoms with Gasteiger partial charge in [-0.2, -0.15) is 0 Å². The third kappa shape index (κ3) is 3.35. The second-order valence-electron chi connectivity index (χ2n) is 6.83. The van der Waals surface area contributed by atoms with Crippen LogP contribution in [-0.4, -0.2) is 12.7 Å². The first-order valence-corrected chi connectivity index (χ1v) is 7.78. The highest BCUT2D eigenvalue weighted by Gasteiger charge is 2.44. The fraction of sp³-hybridized carbons (Fsp3) is 0.667. The maximum Gasteiger partial charge on any atom is 0.118 e. The second-order valence-corrected chi connectivity index (χ2v) is 6.83. The summed E-state index contributed by atoms with van der Waals surface area (Å²) in [5.74, 6) is 2.17. The van der Waals surface area contributed by atoms with Gasteiger partial charge in [0.25, 0.3) is 0 Å². The van der Waals surface area contributed by atoms with E-state index in [2.05, 4.69) is 20.8 Å². The smallest absolute Gasteiger partial charge is 0.118 e. The molecule has 0 saturated heterocycles. The number of hydrogen-bond acceptors (Lipinski definition) is 1. The molecule has 2 rings (SSSR count). The van der Waals surface area contributed by atoms with E-state index in [1.807, 2.05) is 24.3 Å². The predicted molar refractivity (Wildman–Crippen MR) is 81.5 cm³/mol. The molecule has 3 atom stereocenters. The minimum atomic E-state index is -0.805. The van der Waals surface area contributed by atoms with Crippen molar-refractivity contribution in [3.8, 4) is 5.75 Å². The lowest BCUT2D eigenvalue weighted by Crippen LogP contribution is -2.46. The van der Waals surface area contributed by atoms with Gasteiger partial charge in [0, 0.05) is 6.42 Å². The number of ether oxygens (including phenoxy) is 1. The van der Waals surface area contributed by atoms with Crippen molar-refractivity contribution in [2.45, 2.75) is 52.1 Å². The quantitative estimate of drug-likeness (QED) is 0.795. The highest BCUT2D eigenvalue weighted by molar-refractivity contribution is 5.28. The van der Waals surface area contributed by atoms with Crippen LogP contribution in [0, 0.1) is 17.8 Å². The molecule has 1 aliphatic carbocycles. The molecule has 20 heavy (non-hydrogen) atoms. The van der Waals surface area contributed by atoms with Crippen molar-refractivity contribution < 1.29 is 9.84 Å². The average molecular weight is 275 g/mol. The van der Waals surface area contributed by atoms with Crippen LogP contribution in [0.3, 0.4) is 0 Å². The van der Waals surface area contributed by atoms with Crippen LogP contribution in [0.25, 0.3) is 0 Å². The molecule has 2 nitrogen and oxygen atoms in total. The van der Waals surface area contributed by atoms with E-state index in [9.17, 15) is 5.11 Å². The monoisotopic (exact) mass is 275 g/mol. The Balaban J connectivity index is 2.17. The SMILES string of the molecule is COc1ccc(CC2([O])CC(C)CCC2C(C)C)cc1. The van der Waals surface area contributed by atoms with Crippen molar-refractivity contribution in [3.05, 3.63) is 29.8 Å². The van der Waals surface area contributed by atoms with Crippen LogP contribution in [0.15, 0.2) is 24.3 Å². The molecule has 0 aliphatic heterocycles. The summed E-state index contributed by atoms with van der Waals surface area (Å²) in [6.07, 6.45) is 3.74. The highest BCUT2D eigenvalue weighted by Crippen LogP contribution is 2.43. The molecule has 3 unspecified atom stereocenters. The lowest BCUT2D eigenvalue weighted by atomic mass is 9.65. The van der Waals surface area contributed by atoms with Gasteiger partial charge in [-0.05, 0) is 48.3 Å². The minimum absolute atomic E-state index is 0.292. The predicted octanol–water partition coefficient (Wildman–Crippen LogP) is 4.50. The first-order valence-electron chi connectivity index (χ1n) is 7.78. The largest absolute Gasteiger partial charge is 0.497 e. The summed E-state index contributed by atoms with van der Waals surface area (Å²) in [4.78, 5) is 0. The fourth-order valence-electron chi connectivity index (χ4n) is 3.80. The van der Waals surface area contributed by atoms with Crippen molar-refractivity contribution in [2.24, 2.45) is 17.8 Å². The standard InChI is InChI=1S/C18H27O2/c1-13(2)17-10-5-14(3)11-18(17,19)12-15-6-8-16(20-4)9-7-15/h6-9,13-14,17H,5,10-12H2,1-4H3. The Morgan fingerprint density at radius 2 is 1.90 bits per heavy atom. The van der Waals surface area contributed by atoms with Crippen molar-refractivity contribution in [1.29, 1.82) is 0 Å². The van der Waals surface area contributed by atoms with Crippen LogP contribution >= 0.6 is 0 Å². The zero-order valence-electron chi connectivity index (χ0n) is 13.2. The summed E-state index contributed by atoms with van der Waals surface area (Å²) >= 11 is 0. The number of benzene rings is 1. The Hall–Kier alpha value is -1.02. The molecular weight excluding hydrogens is 248 g/mol. The van der Waals surface area contributed by atoms with E-state index in [-0.39, 0.29) is 0 Å². The minimum Gasteiger partial charge on any atom is -0.497 e. The summed E-state index contributed by atoms with van der Waals surface area (Å²) < 4.78 is 5.18. The Morgan fingerprint density at radius 1 is 1.25 bits per heavy atom. The molecule has 0 amide bonds. The van der Waals surface area contributed by atoms with E-state index in [4.69, 9.17) is 4.74 Å². The molecule has 0 spiro atoms. The maximum absolute atomic E-state index is 13.4. The van der Waals surface area contributed by atoms with Gasteiger partial charge in [-0.1, -0.05) is 39.3 Å². The number of rotatable bonds is 4. The van der Waals surface area contributed by atoms with Crippen molar-refractivity contribution in [1.82, 2.24) is 0 Å². The Kier molecular flexibility index (Phi) is 4.74. The summed E-state index contributed by atoms with van der Waals surface area (Å²) in [7, 11) is 1.67. The van der Waals surface area contributed by atoms with Crippen LogP contribution in [0.1, 0.15) is 45.6 Å². The van der Waals surface area contributed by atoms with Crippen LogP contribution < -0.4 is 4.74 Å².